The summed E-state index contributed by atoms with van der Waals surface area (Å²) in [5, 5.41) is 3.48. The van der Waals surface area contributed by atoms with Gasteiger partial charge in [0.15, 0.2) is 5.13 Å². The molecule has 1 unspecified atom stereocenters. The summed E-state index contributed by atoms with van der Waals surface area (Å²) >= 11 is 1.49. The number of thiazole rings is 1. The Morgan fingerprint density at radius 3 is 2.63 bits per heavy atom. The topological polar surface area (TPSA) is 62.3 Å². The second-order valence-corrected chi connectivity index (χ2v) is 9.10. The van der Waals surface area contributed by atoms with Gasteiger partial charge >= 0.3 is 0 Å². The van der Waals surface area contributed by atoms with Crippen molar-refractivity contribution in [3.63, 3.8) is 0 Å². The third-order valence-corrected chi connectivity index (χ3v) is 7.04. The predicted octanol–water partition coefficient (Wildman–Crippen LogP) is 4.32. The molecule has 2 aromatic carbocycles. The first kappa shape index (κ1) is 19.0. The van der Waals surface area contributed by atoms with Crippen LogP contribution in [0.3, 0.4) is 0 Å². The van der Waals surface area contributed by atoms with Gasteiger partial charge in [0, 0.05) is 23.5 Å². The van der Waals surface area contributed by atoms with Gasteiger partial charge in [-0.2, -0.15) is 0 Å². The van der Waals surface area contributed by atoms with Crippen molar-refractivity contribution in [3.8, 4) is 0 Å². The molecular formula is C24H23N3O2S. The molecule has 152 valence electrons. The first-order valence-electron chi connectivity index (χ1n) is 10.3. The van der Waals surface area contributed by atoms with Gasteiger partial charge in [0.2, 0.25) is 5.91 Å². The highest BCUT2D eigenvalue weighted by atomic mass is 32.1. The number of amides is 2. The number of nitrogens with zero attached hydrogens (tertiary/aromatic N) is 2. The Bertz CT molecular complexity index is 1120. The van der Waals surface area contributed by atoms with Crippen LogP contribution in [0.5, 0.6) is 0 Å². The Hall–Kier alpha value is -2.99. The fourth-order valence-electron chi connectivity index (χ4n) is 4.30. The third kappa shape index (κ3) is 3.52. The summed E-state index contributed by atoms with van der Waals surface area (Å²) in [5.74, 6) is -0.213. The van der Waals surface area contributed by atoms with E-state index in [2.05, 4.69) is 28.5 Å². The fourth-order valence-corrected chi connectivity index (χ4v) is 5.33. The summed E-state index contributed by atoms with van der Waals surface area (Å²) < 4.78 is 0. The molecule has 0 saturated carbocycles. The lowest BCUT2D eigenvalue weighted by Gasteiger charge is -2.30. The molecule has 0 spiro atoms. The first-order valence-corrected chi connectivity index (χ1v) is 11.1. The van der Waals surface area contributed by atoms with Gasteiger partial charge in [-0.25, -0.2) is 4.98 Å². The highest BCUT2D eigenvalue weighted by Gasteiger charge is 2.36. The molecule has 3 aromatic rings. The average Bonchev–Trinajstić information content (AvgIpc) is 3.33. The number of carbonyl (C=O) groups is 2. The van der Waals surface area contributed by atoms with Crippen LogP contribution in [0.2, 0.25) is 0 Å². The van der Waals surface area contributed by atoms with E-state index in [1.165, 1.54) is 22.5 Å². The number of fused-ring (bicyclic) bond motifs is 2. The number of benzene rings is 2. The molecule has 0 fully saturated rings. The Kier molecular flexibility index (Phi) is 4.87. The monoisotopic (exact) mass is 417 g/mol. The molecule has 2 heterocycles. The number of anilines is 1. The van der Waals surface area contributed by atoms with Crippen molar-refractivity contribution in [2.24, 2.45) is 0 Å². The molecule has 2 aliphatic rings. The van der Waals surface area contributed by atoms with Crippen LogP contribution in [0.1, 0.15) is 50.0 Å². The zero-order valence-electron chi connectivity index (χ0n) is 16.9. The Morgan fingerprint density at radius 1 is 1.07 bits per heavy atom. The predicted molar refractivity (Wildman–Crippen MR) is 118 cm³/mol. The van der Waals surface area contributed by atoms with Crippen molar-refractivity contribution in [3.05, 3.63) is 81.4 Å². The fraction of sp³-hybridized carbons (Fsp3) is 0.292. The molecular weight excluding hydrogens is 394 g/mol. The number of hydrogen-bond acceptors (Lipinski definition) is 4. The molecule has 0 saturated heterocycles. The largest absolute Gasteiger partial charge is 0.337 e. The van der Waals surface area contributed by atoms with Gasteiger partial charge in [-0.3, -0.25) is 14.9 Å². The van der Waals surface area contributed by atoms with Crippen molar-refractivity contribution in [2.45, 2.75) is 38.6 Å². The van der Waals surface area contributed by atoms with Crippen molar-refractivity contribution in [2.75, 3.05) is 11.9 Å². The summed E-state index contributed by atoms with van der Waals surface area (Å²) in [5.41, 5.74) is 5.14. The van der Waals surface area contributed by atoms with Crippen LogP contribution in [0, 0.1) is 6.92 Å². The van der Waals surface area contributed by atoms with E-state index in [4.69, 9.17) is 0 Å². The van der Waals surface area contributed by atoms with Crippen LogP contribution in [0.4, 0.5) is 5.13 Å². The van der Waals surface area contributed by atoms with Gasteiger partial charge in [-0.05, 0) is 49.4 Å². The smallest absolute Gasteiger partial charge is 0.257 e. The van der Waals surface area contributed by atoms with Crippen molar-refractivity contribution < 1.29 is 9.59 Å². The van der Waals surface area contributed by atoms with Crippen LogP contribution in [-0.2, 0) is 24.2 Å². The van der Waals surface area contributed by atoms with E-state index in [9.17, 15) is 9.59 Å². The number of aromatic nitrogens is 1. The van der Waals surface area contributed by atoms with E-state index >= 15 is 0 Å². The lowest BCUT2D eigenvalue weighted by Crippen LogP contribution is -2.38. The van der Waals surface area contributed by atoms with Crippen LogP contribution >= 0.6 is 11.3 Å². The molecule has 1 aromatic heterocycles. The quantitative estimate of drug-likeness (QED) is 0.690. The molecule has 5 nitrogen and oxygen atoms in total. The number of aryl methyl sites for hydroxylation is 2. The number of hydrogen-bond donors (Lipinski definition) is 1. The average molecular weight is 418 g/mol. The maximum absolute atomic E-state index is 13.3. The summed E-state index contributed by atoms with van der Waals surface area (Å²) in [6, 6.07) is 15.8. The highest BCUT2D eigenvalue weighted by Crippen LogP contribution is 2.40. The van der Waals surface area contributed by atoms with E-state index < -0.39 is 0 Å². The number of carbonyl (C=O) groups excluding carboxylic acids is 2. The number of rotatable bonds is 3. The van der Waals surface area contributed by atoms with Gasteiger partial charge < -0.3 is 4.90 Å². The molecule has 6 heteroatoms. The van der Waals surface area contributed by atoms with Crippen LogP contribution in [-0.4, -0.2) is 28.2 Å². The lowest BCUT2D eigenvalue weighted by molar-refractivity contribution is -0.133. The molecule has 1 atom stereocenters. The second-order valence-electron chi connectivity index (χ2n) is 8.02. The van der Waals surface area contributed by atoms with Gasteiger partial charge in [-0.1, -0.05) is 42.0 Å². The zero-order valence-corrected chi connectivity index (χ0v) is 17.7. The molecule has 2 amide bonds. The van der Waals surface area contributed by atoms with Gasteiger partial charge in [0.25, 0.3) is 5.91 Å². The molecule has 1 aliphatic carbocycles. The Labute approximate surface area is 179 Å². The summed E-state index contributed by atoms with van der Waals surface area (Å²) in [7, 11) is 0. The van der Waals surface area contributed by atoms with E-state index in [1.807, 2.05) is 42.2 Å². The van der Waals surface area contributed by atoms with Crippen molar-refractivity contribution >= 4 is 28.3 Å². The van der Waals surface area contributed by atoms with E-state index in [-0.39, 0.29) is 17.7 Å². The molecule has 0 bridgehead atoms. The number of nitrogens with one attached hydrogen (secondary N) is 1. The highest BCUT2D eigenvalue weighted by molar-refractivity contribution is 7.16. The molecule has 1 aliphatic heterocycles. The second kappa shape index (κ2) is 7.69. The molecule has 30 heavy (non-hydrogen) atoms. The standard InChI is InChI=1S/C24H23N3O2S/c1-15-6-8-17(9-7-15)22(28)26-24-25-21-19(10-11-20(21)30-24)23(29)27-13-12-16-4-2-3-5-18(16)14-27/h2-9,19H,10-14H2,1H3,(H,25,26,28). The summed E-state index contributed by atoms with van der Waals surface area (Å²) in [6.45, 7) is 3.41. The zero-order chi connectivity index (χ0) is 20.7. The molecule has 5 rings (SSSR count). The van der Waals surface area contributed by atoms with Crippen molar-refractivity contribution in [1.29, 1.82) is 0 Å². The maximum atomic E-state index is 13.3. The molecule has 1 N–H and O–H groups in total. The van der Waals surface area contributed by atoms with Gasteiger partial charge in [0.1, 0.15) is 0 Å². The Balaban J connectivity index is 1.30. The summed E-state index contributed by atoms with van der Waals surface area (Å²) in [6.07, 6.45) is 2.54. The van der Waals surface area contributed by atoms with E-state index in [1.54, 1.807) is 0 Å². The Morgan fingerprint density at radius 2 is 1.83 bits per heavy atom. The summed E-state index contributed by atoms with van der Waals surface area (Å²) in [4.78, 5) is 33.5. The van der Waals surface area contributed by atoms with Crippen LogP contribution in [0.25, 0.3) is 0 Å². The normalized spacial score (nSPS) is 17.4. The van der Waals surface area contributed by atoms with Crippen LogP contribution in [0.15, 0.2) is 48.5 Å². The van der Waals surface area contributed by atoms with Gasteiger partial charge in [-0.15, -0.1) is 11.3 Å². The first-order chi connectivity index (χ1) is 14.6. The SMILES string of the molecule is Cc1ccc(C(=O)Nc2nc3c(s2)CCC3C(=O)N2CCc3ccccc3C2)cc1. The van der Waals surface area contributed by atoms with E-state index in [0.717, 1.165) is 41.9 Å². The third-order valence-electron chi connectivity index (χ3n) is 5.99. The minimum Gasteiger partial charge on any atom is -0.337 e. The minimum absolute atomic E-state index is 0.157. The minimum atomic E-state index is -0.202. The van der Waals surface area contributed by atoms with Gasteiger partial charge in [0.05, 0.1) is 11.6 Å². The van der Waals surface area contributed by atoms with Crippen LogP contribution < -0.4 is 5.32 Å². The van der Waals surface area contributed by atoms with Crippen molar-refractivity contribution in [1.82, 2.24) is 9.88 Å². The lowest BCUT2D eigenvalue weighted by atomic mass is 9.97. The maximum Gasteiger partial charge on any atom is 0.257 e. The molecule has 0 radical (unpaired) electrons. The van der Waals surface area contributed by atoms with E-state index in [0.29, 0.717) is 17.2 Å².